The summed E-state index contributed by atoms with van der Waals surface area (Å²) < 4.78 is 37.0. The molecule has 0 fully saturated rings. The first kappa shape index (κ1) is 24.1. The fourth-order valence-corrected chi connectivity index (χ4v) is 3.85. The van der Waals surface area contributed by atoms with Crippen LogP contribution in [0.5, 0.6) is 11.5 Å². The number of nitrogens with one attached hydrogen (secondary N) is 2. The van der Waals surface area contributed by atoms with Gasteiger partial charge in [-0.05, 0) is 29.8 Å². The first-order valence-electron chi connectivity index (χ1n) is 8.79. The predicted molar refractivity (Wildman–Crippen MR) is 115 cm³/mol. The molecule has 1 amide bonds. The maximum atomic E-state index is 12.2. The largest absolute Gasteiger partial charge is 0.493 e. The minimum absolute atomic E-state index is 0.00399. The Kier molecular flexibility index (Phi) is 8.37. The van der Waals surface area contributed by atoms with Crippen molar-refractivity contribution in [1.82, 2.24) is 10.0 Å². The lowest BCUT2D eigenvalue weighted by molar-refractivity contribution is -0.385. The molecule has 0 saturated carbocycles. The van der Waals surface area contributed by atoms with Gasteiger partial charge in [0.1, 0.15) is 0 Å². The van der Waals surface area contributed by atoms with Crippen molar-refractivity contribution in [2.24, 2.45) is 0 Å². The van der Waals surface area contributed by atoms with E-state index in [-0.39, 0.29) is 23.7 Å². The van der Waals surface area contributed by atoms with Crippen LogP contribution in [0.3, 0.4) is 0 Å². The van der Waals surface area contributed by atoms with Gasteiger partial charge in [-0.3, -0.25) is 14.9 Å². The van der Waals surface area contributed by atoms with Crippen molar-refractivity contribution in [1.29, 1.82) is 0 Å². The van der Waals surface area contributed by atoms with Gasteiger partial charge in [0, 0.05) is 31.3 Å². The number of ether oxygens (including phenoxy) is 2. The molecule has 2 aromatic carbocycles. The molecule has 0 atom stereocenters. The van der Waals surface area contributed by atoms with E-state index in [9.17, 15) is 23.3 Å². The molecule has 0 aromatic heterocycles. The van der Waals surface area contributed by atoms with Crippen molar-refractivity contribution >= 4 is 39.3 Å². The number of hydrogen-bond acceptors (Lipinski definition) is 7. The lowest BCUT2D eigenvalue weighted by Gasteiger charge is -2.10. The molecule has 0 bridgehead atoms. The van der Waals surface area contributed by atoms with Gasteiger partial charge < -0.3 is 14.8 Å². The molecule has 31 heavy (non-hydrogen) atoms. The van der Waals surface area contributed by atoms with Gasteiger partial charge >= 0.3 is 0 Å². The summed E-state index contributed by atoms with van der Waals surface area (Å²) in [5, 5.41) is 13.6. The lowest BCUT2D eigenvalue weighted by atomic mass is 10.2. The Morgan fingerprint density at radius 2 is 1.94 bits per heavy atom. The quantitative estimate of drug-likeness (QED) is 0.236. The van der Waals surface area contributed by atoms with Crippen molar-refractivity contribution in [3.8, 4) is 11.5 Å². The number of rotatable bonds is 10. The number of nitrogens with zero attached hydrogens (tertiary/aromatic N) is 1. The molecule has 0 heterocycles. The summed E-state index contributed by atoms with van der Waals surface area (Å²) in [5.41, 5.74) is 0.265. The summed E-state index contributed by atoms with van der Waals surface area (Å²) >= 11 is 6.11. The highest BCUT2D eigenvalue weighted by Crippen LogP contribution is 2.36. The van der Waals surface area contributed by atoms with Crippen LogP contribution < -0.4 is 19.5 Å². The summed E-state index contributed by atoms with van der Waals surface area (Å²) in [7, 11) is -1.03. The number of amides is 1. The second-order valence-electron chi connectivity index (χ2n) is 6.01. The van der Waals surface area contributed by atoms with Crippen LogP contribution in [0.15, 0.2) is 47.4 Å². The molecule has 0 unspecified atom stereocenters. The van der Waals surface area contributed by atoms with Crippen molar-refractivity contribution in [3.05, 3.63) is 63.2 Å². The van der Waals surface area contributed by atoms with Crippen LogP contribution in [0, 0.1) is 10.1 Å². The molecular weight excluding hydrogens is 450 g/mol. The number of halogens is 1. The Balaban J connectivity index is 1.90. The van der Waals surface area contributed by atoms with Crippen LogP contribution in [0.2, 0.25) is 5.02 Å². The minimum Gasteiger partial charge on any atom is -0.493 e. The maximum Gasteiger partial charge on any atom is 0.270 e. The third kappa shape index (κ3) is 6.67. The normalized spacial score (nSPS) is 11.3. The number of carbonyl (C=O) groups is 1. The van der Waals surface area contributed by atoms with Crippen LogP contribution in [-0.2, 0) is 14.8 Å². The number of benzene rings is 2. The molecule has 2 N–H and O–H groups in total. The standard InChI is InChI=1S/C19H20ClN3O7S/c1-29-17-11-13(10-16(20)19(17)30-2)6-7-18(24)21-8-9-22-31(27,28)15-5-3-4-14(12-15)23(25)26/h3-7,10-12,22H,8-9H2,1-2H3,(H,21,24)/b7-6+. The molecule has 0 aliphatic rings. The van der Waals surface area contributed by atoms with Gasteiger partial charge in [-0.2, -0.15) is 0 Å². The van der Waals surface area contributed by atoms with E-state index >= 15 is 0 Å². The summed E-state index contributed by atoms with van der Waals surface area (Å²) in [6, 6.07) is 7.90. The second-order valence-corrected chi connectivity index (χ2v) is 8.19. The fraction of sp³-hybridized carbons (Fsp3) is 0.211. The summed E-state index contributed by atoms with van der Waals surface area (Å²) in [4.78, 5) is 21.8. The Morgan fingerprint density at radius 3 is 2.58 bits per heavy atom. The Labute approximate surface area is 184 Å². The number of hydrogen-bond donors (Lipinski definition) is 2. The van der Waals surface area contributed by atoms with Crippen LogP contribution in [0.25, 0.3) is 6.08 Å². The third-order valence-corrected chi connectivity index (χ3v) is 5.68. The predicted octanol–water partition coefficient (Wildman–Crippen LogP) is 2.37. The molecule has 10 nitrogen and oxygen atoms in total. The number of sulfonamides is 1. The second kappa shape index (κ2) is 10.8. The lowest BCUT2D eigenvalue weighted by Crippen LogP contribution is -2.34. The highest BCUT2D eigenvalue weighted by Gasteiger charge is 2.17. The number of non-ortho nitro benzene ring substituents is 1. The highest BCUT2D eigenvalue weighted by atomic mass is 35.5. The molecule has 0 aliphatic heterocycles. The van der Waals surface area contributed by atoms with Gasteiger partial charge in [-0.15, -0.1) is 0 Å². The van der Waals surface area contributed by atoms with E-state index in [0.717, 1.165) is 6.07 Å². The molecule has 2 aromatic rings. The van der Waals surface area contributed by atoms with Gasteiger partial charge in [-0.25, -0.2) is 13.1 Å². The van der Waals surface area contributed by atoms with E-state index in [4.69, 9.17) is 21.1 Å². The van der Waals surface area contributed by atoms with E-state index in [1.807, 2.05) is 0 Å². The van der Waals surface area contributed by atoms with Gasteiger partial charge in [-0.1, -0.05) is 17.7 Å². The van der Waals surface area contributed by atoms with Crippen molar-refractivity contribution < 1.29 is 27.6 Å². The molecule has 0 radical (unpaired) electrons. The monoisotopic (exact) mass is 469 g/mol. The molecule has 2 rings (SSSR count). The van der Waals surface area contributed by atoms with Crippen LogP contribution >= 0.6 is 11.6 Å². The molecular formula is C19H20ClN3O7S. The van der Waals surface area contributed by atoms with E-state index in [1.54, 1.807) is 12.1 Å². The topological polar surface area (TPSA) is 137 Å². The fourth-order valence-electron chi connectivity index (χ4n) is 2.48. The summed E-state index contributed by atoms with van der Waals surface area (Å²) in [6.45, 7) is -0.100. The van der Waals surface area contributed by atoms with Crippen LogP contribution in [-0.4, -0.2) is 46.6 Å². The SMILES string of the molecule is COc1cc(/C=C/C(=O)NCCNS(=O)(=O)c2cccc([N+](=O)[O-])c2)cc(Cl)c1OC. The zero-order valence-corrected chi connectivity index (χ0v) is 18.2. The first-order valence-corrected chi connectivity index (χ1v) is 10.7. The summed E-state index contributed by atoms with van der Waals surface area (Å²) in [6.07, 6.45) is 2.77. The maximum absolute atomic E-state index is 12.2. The Morgan fingerprint density at radius 1 is 1.19 bits per heavy atom. The highest BCUT2D eigenvalue weighted by molar-refractivity contribution is 7.89. The molecule has 166 valence electrons. The zero-order valence-electron chi connectivity index (χ0n) is 16.6. The summed E-state index contributed by atoms with van der Waals surface area (Å²) in [5.74, 6) is 0.327. The van der Waals surface area contributed by atoms with E-state index in [2.05, 4.69) is 10.0 Å². The van der Waals surface area contributed by atoms with Gasteiger partial charge in [0.15, 0.2) is 11.5 Å². The molecule has 0 saturated heterocycles. The van der Waals surface area contributed by atoms with Crippen LogP contribution in [0.1, 0.15) is 5.56 Å². The number of carbonyl (C=O) groups excluding carboxylic acids is 1. The van der Waals surface area contributed by atoms with Gasteiger partial charge in [0.25, 0.3) is 5.69 Å². The van der Waals surface area contributed by atoms with E-state index < -0.39 is 20.9 Å². The molecule has 0 aliphatic carbocycles. The number of nitro benzene ring substituents is 1. The van der Waals surface area contributed by atoms with E-state index in [1.165, 1.54) is 44.6 Å². The number of methoxy groups -OCH3 is 2. The van der Waals surface area contributed by atoms with E-state index in [0.29, 0.717) is 22.1 Å². The van der Waals surface area contributed by atoms with Crippen molar-refractivity contribution in [2.45, 2.75) is 4.90 Å². The smallest absolute Gasteiger partial charge is 0.270 e. The van der Waals surface area contributed by atoms with Gasteiger partial charge in [0.05, 0.1) is 29.1 Å². The van der Waals surface area contributed by atoms with Crippen LogP contribution in [0.4, 0.5) is 5.69 Å². The first-order chi connectivity index (χ1) is 14.7. The molecule has 0 spiro atoms. The Hall–Kier alpha value is -3.15. The van der Waals surface area contributed by atoms with Crippen molar-refractivity contribution in [2.75, 3.05) is 27.3 Å². The van der Waals surface area contributed by atoms with Gasteiger partial charge in [0.2, 0.25) is 15.9 Å². The third-order valence-electron chi connectivity index (χ3n) is 3.94. The average Bonchev–Trinajstić information content (AvgIpc) is 2.74. The Bertz CT molecular complexity index is 1100. The zero-order chi connectivity index (χ0) is 23.0. The molecule has 12 heteroatoms. The van der Waals surface area contributed by atoms with Crippen molar-refractivity contribution in [3.63, 3.8) is 0 Å². The minimum atomic E-state index is -3.95. The number of nitro groups is 1. The average molecular weight is 470 g/mol.